The number of nitrogens with one attached hydrogen (secondary N) is 1. The Balaban J connectivity index is 1.55. The van der Waals surface area contributed by atoms with Crippen LogP contribution in [0.15, 0.2) is 30.5 Å². The number of hydrogen-bond acceptors (Lipinski definition) is 5. The Morgan fingerprint density at radius 3 is 2.66 bits per heavy atom. The van der Waals surface area contributed by atoms with Crippen molar-refractivity contribution in [2.24, 2.45) is 11.7 Å². The van der Waals surface area contributed by atoms with E-state index in [1.165, 1.54) is 12.1 Å². The van der Waals surface area contributed by atoms with Gasteiger partial charge in [-0.15, -0.1) is 0 Å². The Kier molecular flexibility index (Phi) is 7.05. The fraction of sp³-hybridized carbons (Fsp3) is 0.316. The number of anilines is 2. The normalized spacial score (nSPS) is 16.4. The summed E-state index contributed by atoms with van der Waals surface area (Å²) in [6, 6.07) is 6.43. The third kappa shape index (κ3) is 5.65. The van der Waals surface area contributed by atoms with Crippen molar-refractivity contribution in [2.75, 3.05) is 29.9 Å². The predicted octanol–water partition coefficient (Wildman–Crippen LogP) is 3.76. The second-order valence-corrected chi connectivity index (χ2v) is 7.85. The van der Waals surface area contributed by atoms with Gasteiger partial charge in [-0.05, 0) is 31.0 Å². The molecule has 1 aliphatic rings. The predicted molar refractivity (Wildman–Crippen MR) is 114 cm³/mol. The molecule has 10 heteroatoms. The maximum absolute atomic E-state index is 12.1. The summed E-state index contributed by atoms with van der Waals surface area (Å²) in [5.74, 6) is 0.149. The molecule has 1 fully saturated rings. The number of primary amides is 1. The SMILES string of the molecule is NC(=O)C1CCCN(c2ccc(NC(=O)COc3cc(Cl)c(Cl)cc3Cl)cn2)C1. The van der Waals surface area contributed by atoms with Gasteiger partial charge in [0.15, 0.2) is 6.61 Å². The molecular weight excluding hydrogens is 439 g/mol. The number of nitrogens with two attached hydrogens (primary N) is 1. The molecule has 0 radical (unpaired) electrons. The first-order valence-electron chi connectivity index (χ1n) is 8.91. The number of hydrogen-bond donors (Lipinski definition) is 2. The second-order valence-electron chi connectivity index (χ2n) is 6.63. The Labute approximate surface area is 183 Å². The van der Waals surface area contributed by atoms with Gasteiger partial charge in [0, 0.05) is 19.2 Å². The minimum atomic E-state index is -0.381. The lowest BCUT2D eigenvalue weighted by Crippen LogP contribution is -2.41. The fourth-order valence-electron chi connectivity index (χ4n) is 3.02. The number of rotatable bonds is 6. The highest BCUT2D eigenvalue weighted by atomic mass is 35.5. The molecule has 29 heavy (non-hydrogen) atoms. The first-order valence-corrected chi connectivity index (χ1v) is 10.0. The topological polar surface area (TPSA) is 97.6 Å². The molecule has 1 saturated heterocycles. The molecule has 7 nitrogen and oxygen atoms in total. The van der Waals surface area contributed by atoms with Crippen molar-refractivity contribution in [3.8, 4) is 5.75 Å². The van der Waals surface area contributed by atoms with Crippen molar-refractivity contribution in [2.45, 2.75) is 12.8 Å². The zero-order chi connectivity index (χ0) is 21.0. The number of carbonyl (C=O) groups excluding carboxylic acids is 2. The first-order chi connectivity index (χ1) is 13.8. The molecule has 1 unspecified atom stereocenters. The maximum Gasteiger partial charge on any atom is 0.262 e. The Bertz CT molecular complexity index is 908. The molecule has 1 atom stereocenters. The number of ether oxygens (including phenoxy) is 1. The van der Waals surface area contributed by atoms with Gasteiger partial charge in [-0.1, -0.05) is 34.8 Å². The molecule has 1 aliphatic heterocycles. The lowest BCUT2D eigenvalue weighted by atomic mass is 9.97. The fourth-order valence-corrected chi connectivity index (χ4v) is 3.61. The Hall–Kier alpha value is -2.22. The summed E-state index contributed by atoms with van der Waals surface area (Å²) in [5.41, 5.74) is 5.93. The largest absolute Gasteiger partial charge is 0.482 e. The first kappa shape index (κ1) is 21.5. The molecule has 154 valence electrons. The van der Waals surface area contributed by atoms with Gasteiger partial charge in [-0.25, -0.2) is 4.98 Å². The summed E-state index contributed by atoms with van der Waals surface area (Å²) in [4.78, 5) is 29.9. The van der Waals surface area contributed by atoms with Gasteiger partial charge in [-0.2, -0.15) is 0 Å². The van der Waals surface area contributed by atoms with Crippen molar-refractivity contribution in [1.82, 2.24) is 4.98 Å². The Morgan fingerprint density at radius 2 is 1.97 bits per heavy atom. The quantitative estimate of drug-likeness (QED) is 0.644. The van der Waals surface area contributed by atoms with Crippen LogP contribution in [0.3, 0.4) is 0 Å². The van der Waals surface area contributed by atoms with Crippen molar-refractivity contribution in [3.63, 3.8) is 0 Å². The molecule has 2 amide bonds. The van der Waals surface area contributed by atoms with Gasteiger partial charge < -0.3 is 20.7 Å². The molecule has 1 aromatic heterocycles. The van der Waals surface area contributed by atoms with Crippen molar-refractivity contribution in [1.29, 1.82) is 0 Å². The van der Waals surface area contributed by atoms with Crippen molar-refractivity contribution < 1.29 is 14.3 Å². The molecule has 2 aromatic rings. The molecular formula is C19H19Cl3N4O3. The zero-order valence-electron chi connectivity index (χ0n) is 15.3. The van der Waals surface area contributed by atoms with E-state index in [-0.39, 0.29) is 40.1 Å². The molecule has 0 aliphatic carbocycles. The minimum Gasteiger partial charge on any atom is -0.482 e. The highest BCUT2D eigenvalue weighted by Gasteiger charge is 2.24. The molecule has 0 saturated carbocycles. The maximum atomic E-state index is 12.1. The molecule has 0 spiro atoms. The van der Waals surface area contributed by atoms with Gasteiger partial charge in [0.05, 0.1) is 32.9 Å². The zero-order valence-corrected chi connectivity index (χ0v) is 17.6. The summed E-state index contributed by atoms with van der Waals surface area (Å²) in [7, 11) is 0. The van der Waals surface area contributed by atoms with Crippen LogP contribution >= 0.6 is 34.8 Å². The summed E-state index contributed by atoms with van der Waals surface area (Å²) in [5, 5.41) is 3.53. The van der Waals surface area contributed by atoms with Gasteiger partial charge in [-0.3, -0.25) is 9.59 Å². The van der Waals surface area contributed by atoms with Crippen molar-refractivity contribution >= 4 is 58.1 Å². The van der Waals surface area contributed by atoms with E-state index in [9.17, 15) is 9.59 Å². The van der Waals surface area contributed by atoms with E-state index in [4.69, 9.17) is 45.3 Å². The summed E-state index contributed by atoms with van der Waals surface area (Å²) in [6.07, 6.45) is 3.22. The van der Waals surface area contributed by atoms with Crippen LogP contribution in [0.25, 0.3) is 0 Å². The lowest BCUT2D eigenvalue weighted by molar-refractivity contribution is -0.122. The average Bonchev–Trinajstić information content (AvgIpc) is 2.70. The number of carbonyl (C=O) groups is 2. The van der Waals surface area contributed by atoms with Gasteiger partial charge in [0.2, 0.25) is 5.91 Å². The van der Waals surface area contributed by atoms with E-state index in [1.54, 1.807) is 18.3 Å². The number of nitrogens with zero attached hydrogens (tertiary/aromatic N) is 2. The van der Waals surface area contributed by atoms with Crippen LogP contribution in [-0.2, 0) is 9.59 Å². The Morgan fingerprint density at radius 1 is 1.21 bits per heavy atom. The van der Waals surface area contributed by atoms with Gasteiger partial charge in [0.25, 0.3) is 5.91 Å². The van der Waals surface area contributed by atoms with Gasteiger partial charge >= 0.3 is 0 Å². The van der Waals surface area contributed by atoms with Crippen LogP contribution in [0, 0.1) is 5.92 Å². The summed E-state index contributed by atoms with van der Waals surface area (Å²) < 4.78 is 5.40. The highest BCUT2D eigenvalue weighted by molar-refractivity contribution is 6.43. The van der Waals surface area contributed by atoms with E-state index in [0.29, 0.717) is 17.3 Å². The lowest BCUT2D eigenvalue weighted by Gasteiger charge is -2.32. The number of halogens is 3. The number of piperidine rings is 1. The third-order valence-electron chi connectivity index (χ3n) is 4.51. The third-order valence-corrected chi connectivity index (χ3v) is 5.53. The van der Waals surface area contributed by atoms with Crippen LogP contribution in [-0.4, -0.2) is 36.5 Å². The van der Waals surface area contributed by atoms with Crippen LogP contribution in [0.5, 0.6) is 5.75 Å². The smallest absolute Gasteiger partial charge is 0.262 e. The average molecular weight is 458 g/mol. The standard InChI is InChI=1S/C19H19Cl3N4O3/c20-13-6-15(22)16(7-14(13)21)29-10-18(27)25-12-3-4-17(24-8-12)26-5-1-2-11(9-26)19(23)28/h3-4,6-8,11H,1-2,5,9-10H2,(H2,23,28)(H,25,27). The van der Waals surface area contributed by atoms with Crippen LogP contribution in [0.1, 0.15) is 12.8 Å². The van der Waals surface area contributed by atoms with E-state index in [0.717, 1.165) is 25.2 Å². The molecule has 3 rings (SSSR count). The number of benzene rings is 1. The summed E-state index contributed by atoms with van der Waals surface area (Å²) >= 11 is 17.8. The molecule has 2 heterocycles. The van der Waals surface area contributed by atoms with E-state index in [2.05, 4.69) is 10.3 Å². The van der Waals surface area contributed by atoms with Gasteiger partial charge in [0.1, 0.15) is 11.6 Å². The molecule has 1 aromatic carbocycles. The second kappa shape index (κ2) is 9.52. The van der Waals surface area contributed by atoms with Crippen LogP contribution < -0.4 is 20.7 Å². The number of pyridine rings is 1. The number of amides is 2. The monoisotopic (exact) mass is 456 g/mol. The van der Waals surface area contributed by atoms with Crippen LogP contribution in [0.2, 0.25) is 15.1 Å². The van der Waals surface area contributed by atoms with Crippen molar-refractivity contribution in [3.05, 3.63) is 45.5 Å². The van der Waals surface area contributed by atoms with Crippen LogP contribution in [0.4, 0.5) is 11.5 Å². The molecule has 0 bridgehead atoms. The highest BCUT2D eigenvalue weighted by Crippen LogP contribution is 2.33. The van der Waals surface area contributed by atoms with E-state index < -0.39 is 0 Å². The summed E-state index contributed by atoms with van der Waals surface area (Å²) in [6.45, 7) is 1.10. The van der Waals surface area contributed by atoms with E-state index in [1.807, 2.05) is 4.90 Å². The molecule has 3 N–H and O–H groups in total. The number of aromatic nitrogens is 1. The van der Waals surface area contributed by atoms with E-state index >= 15 is 0 Å². The minimum absolute atomic E-state index is 0.171.